The first-order chi connectivity index (χ1) is 14.3. The van der Waals surface area contributed by atoms with Crippen LogP contribution in [0.5, 0.6) is 0 Å². The summed E-state index contributed by atoms with van der Waals surface area (Å²) >= 11 is 1.66. The van der Waals surface area contributed by atoms with Crippen LogP contribution >= 0.6 is 11.3 Å². The van der Waals surface area contributed by atoms with Gasteiger partial charge in [-0.1, -0.05) is 66.7 Å². The summed E-state index contributed by atoms with van der Waals surface area (Å²) in [5, 5.41) is 6.26. The number of fused-ring (bicyclic) bond motifs is 2. The predicted octanol–water partition coefficient (Wildman–Crippen LogP) is 6.30. The normalized spacial score (nSPS) is 11.0. The molecule has 0 saturated heterocycles. The van der Waals surface area contributed by atoms with Gasteiger partial charge in [-0.3, -0.25) is 4.79 Å². The Hall–Kier alpha value is -3.50. The molecule has 1 heterocycles. The maximum Gasteiger partial charge on any atom is 0.228 e. The Morgan fingerprint density at radius 3 is 2.59 bits per heavy atom. The second kappa shape index (κ2) is 7.49. The number of nitrogens with zero attached hydrogens (tertiary/aromatic N) is 1. The summed E-state index contributed by atoms with van der Waals surface area (Å²) < 4.78 is 1.16. The van der Waals surface area contributed by atoms with E-state index in [-0.39, 0.29) is 5.91 Å². The highest BCUT2D eigenvalue weighted by atomic mass is 32.1. The maximum atomic E-state index is 12.7. The van der Waals surface area contributed by atoms with Gasteiger partial charge in [-0.05, 0) is 40.6 Å². The van der Waals surface area contributed by atoms with Crippen molar-refractivity contribution in [1.82, 2.24) is 4.98 Å². The van der Waals surface area contributed by atoms with Crippen LogP contribution in [0.3, 0.4) is 0 Å². The van der Waals surface area contributed by atoms with E-state index in [1.807, 2.05) is 66.7 Å². The van der Waals surface area contributed by atoms with Crippen LogP contribution in [0.1, 0.15) is 5.56 Å². The molecule has 140 valence electrons. The van der Waals surface area contributed by atoms with Gasteiger partial charge in [0.15, 0.2) is 0 Å². The summed E-state index contributed by atoms with van der Waals surface area (Å²) in [7, 11) is 0. The molecule has 4 aromatic carbocycles. The third-order valence-corrected chi connectivity index (χ3v) is 6.00. The molecular weight excluding hydrogens is 376 g/mol. The van der Waals surface area contributed by atoms with Crippen molar-refractivity contribution >= 4 is 43.9 Å². The van der Waals surface area contributed by atoms with Crippen LogP contribution in [0.2, 0.25) is 0 Å². The first-order valence-electron chi connectivity index (χ1n) is 9.49. The average Bonchev–Trinajstić information content (AvgIpc) is 3.19. The Kier molecular flexibility index (Phi) is 4.54. The molecule has 1 aromatic heterocycles. The first kappa shape index (κ1) is 17.6. The van der Waals surface area contributed by atoms with Gasteiger partial charge in [0.05, 0.1) is 16.6 Å². The molecule has 0 bridgehead atoms. The number of aromatic nitrogens is 1. The second-order valence-corrected chi connectivity index (χ2v) is 7.96. The summed E-state index contributed by atoms with van der Waals surface area (Å²) in [6, 6.07) is 30.2. The number of hydrogen-bond acceptors (Lipinski definition) is 3. The lowest BCUT2D eigenvalue weighted by Gasteiger charge is -2.09. The van der Waals surface area contributed by atoms with E-state index in [0.717, 1.165) is 42.8 Å². The molecule has 0 radical (unpaired) electrons. The number of nitrogens with one attached hydrogen (secondary N) is 1. The lowest BCUT2D eigenvalue weighted by Crippen LogP contribution is -2.14. The van der Waals surface area contributed by atoms with E-state index in [4.69, 9.17) is 4.98 Å². The lowest BCUT2D eigenvalue weighted by atomic mass is 10.0. The number of carbonyl (C=O) groups excluding carboxylic acids is 1. The first-order valence-corrected chi connectivity index (χ1v) is 10.3. The Balaban J connectivity index is 1.38. The van der Waals surface area contributed by atoms with Crippen LogP contribution in [0.15, 0.2) is 91.0 Å². The summed E-state index contributed by atoms with van der Waals surface area (Å²) in [5.41, 5.74) is 3.82. The summed E-state index contributed by atoms with van der Waals surface area (Å²) in [6.07, 6.45) is 0.340. The molecule has 0 aliphatic carbocycles. The van der Waals surface area contributed by atoms with Gasteiger partial charge in [-0.2, -0.15) is 0 Å². The van der Waals surface area contributed by atoms with E-state index in [2.05, 4.69) is 29.6 Å². The zero-order valence-corrected chi connectivity index (χ0v) is 16.4. The quantitative estimate of drug-likeness (QED) is 0.389. The Labute approximate surface area is 172 Å². The van der Waals surface area contributed by atoms with Gasteiger partial charge in [0, 0.05) is 11.3 Å². The molecule has 0 spiro atoms. The molecule has 4 heteroatoms. The second-order valence-electron chi connectivity index (χ2n) is 6.93. The predicted molar refractivity (Wildman–Crippen MR) is 121 cm³/mol. The smallest absolute Gasteiger partial charge is 0.228 e. The number of hydrogen-bond donors (Lipinski definition) is 1. The number of benzene rings is 4. The molecule has 1 N–H and O–H groups in total. The average molecular weight is 394 g/mol. The zero-order chi connectivity index (χ0) is 19.6. The van der Waals surface area contributed by atoms with E-state index in [9.17, 15) is 4.79 Å². The summed E-state index contributed by atoms with van der Waals surface area (Å²) in [4.78, 5) is 17.4. The lowest BCUT2D eigenvalue weighted by molar-refractivity contribution is -0.115. The Morgan fingerprint density at radius 2 is 1.66 bits per heavy atom. The highest BCUT2D eigenvalue weighted by molar-refractivity contribution is 7.21. The van der Waals surface area contributed by atoms with Gasteiger partial charge in [0.1, 0.15) is 5.01 Å². The maximum absolute atomic E-state index is 12.7. The van der Waals surface area contributed by atoms with E-state index in [0.29, 0.717) is 6.42 Å². The molecule has 5 rings (SSSR count). The summed E-state index contributed by atoms with van der Waals surface area (Å²) in [6.45, 7) is 0. The number of anilines is 1. The monoisotopic (exact) mass is 394 g/mol. The Morgan fingerprint density at radius 1 is 0.862 bits per heavy atom. The van der Waals surface area contributed by atoms with Crippen LogP contribution < -0.4 is 5.32 Å². The minimum atomic E-state index is -0.0252. The third-order valence-electron chi connectivity index (χ3n) is 4.92. The fraction of sp³-hybridized carbons (Fsp3) is 0.0400. The van der Waals surface area contributed by atoms with Crippen molar-refractivity contribution in [3.63, 3.8) is 0 Å². The molecule has 0 atom stereocenters. The van der Waals surface area contributed by atoms with E-state index < -0.39 is 0 Å². The molecule has 0 fully saturated rings. The van der Waals surface area contributed by atoms with Gasteiger partial charge in [-0.25, -0.2) is 4.98 Å². The number of carbonyl (C=O) groups is 1. The highest BCUT2D eigenvalue weighted by Crippen LogP contribution is 2.31. The topological polar surface area (TPSA) is 42.0 Å². The van der Waals surface area contributed by atoms with Crippen molar-refractivity contribution in [1.29, 1.82) is 0 Å². The zero-order valence-electron chi connectivity index (χ0n) is 15.6. The number of amides is 1. The van der Waals surface area contributed by atoms with Gasteiger partial charge in [0.25, 0.3) is 0 Å². The number of para-hydroxylation sites is 1. The summed E-state index contributed by atoms with van der Waals surface area (Å²) in [5.74, 6) is -0.0252. The van der Waals surface area contributed by atoms with E-state index in [1.54, 1.807) is 11.3 Å². The standard InChI is InChI=1S/C25H18N2OS/c28-24(16-18-9-5-8-17-7-1-2-12-21(17)18)26-20-11-6-10-19(15-20)25-27-22-13-3-4-14-23(22)29-25/h1-15H,16H2,(H,26,28). The molecule has 0 aliphatic heterocycles. The molecule has 0 aliphatic rings. The minimum absolute atomic E-state index is 0.0252. The van der Waals surface area contributed by atoms with Crippen LogP contribution in [0.4, 0.5) is 5.69 Å². The molecule has 3 nitrogen and oxygen atoms in total. The molecule has 0 saturated carbocycles. The van der Waals surface area contributed by atoms with Gasteiger partial charge in [0.2, 0.25) is 5.91 Å². The number of rotatable bonds is 4. The molecular formula is C25H18N2OS. The number of thiazole rings is 1. The fourth-order valence-electron chi connectivity index (χ4n) is 3.55. The van der Waals surface area contributed by atoms with E-state index >= 15 is 0 Å². The highest BCUT2D eigenvalue weighted by Gasteiger charge is 2.10. The van der Waals surface area contributed by atoms with Crippen molar-refractivity contribution in [2.75, 3.05) is 5.32 Å². The molecule has 29 heavy (non-hydrogen) atoms. The SMILES string of the molecule is O=C(Cc1cccc2ccccc12)Nc1cccc(-c2nc3ccccc3s2)c1. The Bertz CT molecular complexity index is 1300. The minimum Gasteiger partial charge on any atom is -0.326 e. The van der Waals surface area contributed by atoms with Crippen LogP contribution in [0, 0.1) is 0 Å². The van der Waals surface area contributed by atoms with Crippen LogP contribution in [-0.2, 0) is 11.2 Å². The molecule has 0 unspecified atom stereocenters. The van der Waals surface area contributed by atoms with Crippen molar-refractivity contribution < 1.29 is 4.79 Å². The fourth-order valence-corrected chi connectivity index (χ4v) is 4.51. The van der Waals surface area contributed by atoms with Crippen molar-refractivity contribution in [2.45, 2.75) is 6.42 Å². The van der Waals surface area contributed by atoms with Crippen LogP contribution in [0.25, 0.3) is 31.6 Å². The van der Waals surface area contributed by atoms with Gasteiger partial charge in [-0.15, -0.1) is 11.3 Å². The third kappa shape index (κ3) is 3.62. The van der Waals surface area contributed by atoms with Gasteiger partial charge >= 0.3 is 0 Å². The van der Waals surface area contributed by atoms with Crippen LogP contribution in [-0.4, -0.2) is 10.9 Å². The van der Waals surface area contributed by atoms with E-state index in [1.165, 1.54) is 0 Å². The van der Waals surface area contributed by atoms with Crippen molar-refractivity contribution in [3.8, 4) is 10.6 Å². The van der Waals surface area contributed by atoms with Crippen molar-refractivity contribution in [3.05, 3.63) is 96.6 Å². The van der Waals surface area contributed by atoms with Gasteiger partial charge < -0.3 is 5.32 Å². The molecule has 5 aromatic rings. The van der Waals surface area contributed by atoms with Crippen molar-refractivity contribution in [2.24, 2.45) is 0 Å². The largest absolute Gasteiger partial charge is 0.326 e. The molecule has 1 amide bonds.